The molecule has 1 rings (SSSR count). The van der Waals surface area contributed by atoms with E-state index in [1.54, 1.807) is 24.3 Å². The summed E-state index contributed by atoms with van der Waals surface area (Å²) in [5, 5.41) is 0. The van der Waals surface area contributed by atoms with Crippen LogP contribution in [0.15, 0.2) is 30.3 Å². The molecular formula is C26H47O4P. The summed E-state index contributed by atoms with van der Waals surface area (Å²) in [6, 6.07) is 8.62. The van der Waals surface area contributed by atoms with E-state index in [0.717, 1.165) is 19.3 Å². The third-order valence-electron chi connectivity index (χ3n) is 5.72. The van der Waals surface area contributed by atoms with Crippen LogP contribution in [0.2, 0.25) is 0 Å². The minimum Gasteiger partial charge on any atom is -0.404 e. The van der Waals surface area contributed by atoms with Gasteiger partial charge in [0, 0.05) is 0 Å². The summed E-state index contributed by atoms with van der Waals surface area (Å²) in [7, 11) is -4.01. The largest absolute Gasteiger partial charge is 0.527 e. The predicted octanol–water partition coefficient (Wildman–Crippen LogP) is 9.22. The lowest BCUT2D eigenvalue weighted by Gasteiger charge is -2.12. The number of rotatable bonds is 22. The topological polar surface area (TPSA) is 55.8 Å². The maximum atomic E-state index is 11.9. The number of para-hydroxylation sites is 1. The van der Waals surface area contributed by atoms with Crippen molar-refractivity contribution >= 4 is 7.82 Å². The molecule has 0 heterocycles. The Hall–Kier alpha value is -0.830. The van der Waals surface area contributed by atoms with E-state index >= 15 is 0 Å². The van der Waals surface area contributed by atoms with Crippen LogP contribution in [0.5, 0.6) is 5.75 Å². The summed E-state index contributed by atoms with van der Waals surface area (Å²) in [6.07, 6.45) is 23.8. The van der Waals surface area contributed by atoms with Gasteiger partial charge in [-0.1, -0.05) is 134 Å². The van der Waals surface area contributed by atoms with Gasteiger partial charge in [0.15, 0.2) is 0 Å². The van der Waals surface area contributed by atoms with Crippen molar-refractivity contribution in [2.24, 2.45) is 0 Å². The highest BCUT2D eigenvalue weighted by molar-refractivity contribution is 7.47. The maximum absolute atomic E-state index is 11.9. The highest BCUT2D eigenvalue weighted by Crippen LogP contribution is 2.43. The van der Waals surface area contributed by atoms with Crippen molar-refractivity contribution in [1.82, 2.24) is 0 Å². The summed E-state index contributed by atoms with van der Waals surface area (Å²) >= 11 is 0. The van der Waals surface area contributed by atoms with E-state index in [9.17, 15) is 9.46 Å². The summed E-state index contributed by atoms with van der Waals surface area (Å²) in [6.45, 7) is 2.54. The molecule has 1 unspecified atom stereocenters. The van der Waals surface area contributed by atoms with E-state index in [4.69, 9.17) is 9.05 Å². The quantitative estimate of drug-likeness (QED) is 0.140. The predicted molar refractivity (Wildman–Crippen MR) is 132 cm³/mol. The third kappa shape index (κ3) is 18.4. The fourth-order valence-corrected chi connectivity index (χ4v) is 4.63. The monoisotopic (exact) mass is 454 g/mol. The van der Waals surface area contributed by atoms with Crippen LogP contribution < -0.4 is 4.52 Å². The Labute approximate surface area is 191 Å². The van der Waals surface area contributed by atoms with Crippen molar-refractivity contribution in [1.29, 1.82) is 0 Å². The second-order valence-corrected chi connectivity index (χ2v) is 10.1. The SMILES string of the molecule is CCCCCCCCCCCCCCCCCCCCOP(=O)(O)Oc1ccccc1. The van der Waals surface area contributed by atoms with Crippen molar-refractivity contribution in [3.8, 4) is 5.75 Å². The van der Waals surface area contributed by atoms with Crippen molar-refractivity contribution < 1.29 is 18.5 Å². The second-order valence-electron chi connectivity index (χ2n) is 8.72. The molecule has 0 fully saturated rings. The van der Waals surface area contributed by atoms with Gasteiger partial charge in [-0.3, -0.25) is 9.42 Å². The van der Waals surface area contributed by atoms with E-state index in [0.29, 0.717) is 5.75 Å². The first-order valence-electron chi connectivity index (χ1n) is 12.9. The number of phosphoric acid groups is 1. The number of unbranched alkanes of at least 4 members (excludes halogenated alkanes) is 17. The van der Waals surface area contributed by atoms with Crippen LogP contribution in [0.3, 0.4) is 0 Å². The second kappa shape index (κ2) is 19.8. The molecule has 1 aromatic carbocycles. The summed E-state index contributed by atoms with van der Waals surface area (Å²) in [4.78, 5) is 9.72. The third-order valence-corrected chi connectivity index (χ3v) is 6.67. The molecule has 0 radical (unpaired) electrons. The Morgan fingerprint density at radius 3 is 1.45 bits per heavy atom. The lowest BCUT2D eigenvalue weighted by Crippen LogP contribution is -1.99. The molecule has 0 aliphatic carbocycles. The number of hydrogen-bond donors (Lipinski definition) is 1. The minimum atomic E-state index is -4.01. The van der Waals surface area contributed by atoms with E-state index in [2.05, 4.69) is 6.92 Å². The molecule has 0 saturated heterocycles. The molecule has 0 saturated carbocycles. The van der Waals surface area contributed by atoms with Crippen LogP contribution in [0.1, 0.15) is 122 Å². The van der Waals surface area contributed by atoms with Crippen LogP contribution >= 0.6 is 7.82 Å². The van der Waals surface area contributed by atoms with Crippen molar-refractivity contribution in [2.75, 3.05) is 6.61 Å². The molecule has 0 aliphatic heterocycles. The molecule has 0 spiro atoms. The van der Waals surface area contributed by atoms with Crippen LogP contribution in [0.25, 0.3) is 0 Å². The first-order valence-corrected chi connectivity index (χ1v) is 14.4. The van der Waals surface area contributed by atoms with Crippen molar-refractivity contribution in [2.45, 2.75) is 122 Å². The van der Waals surface area contributed by atoms with E-state index in [1.165, 1.54) is 96.3 Å². The van der Waals surface area contributed by atoms with E-state index in [1.807, 2.05) is 6.07 Å². The summed E-state index contributed by atoms with van der Waals surface area (Å²) in [5.74, 6) is 0.353. The maximum Gasteiger partial charge on any atom is 0.527 e. The normalized spacial score (nSPS) is 13.2. The van der Waals surface area contributed by atoms with Gasteiger partial charge in [0.2, 0.25) is 0 Å². The Balaban J connectivity index is 1.78. The molecule has 31 heavy (non-hydrogen) atoms. The van der Waals surface area contributed by atoms with Gasteiger partial charge in [0.1, 0.15) is 5.75 Å². The van der Waals surface area contributed by atoms with Gasteiger partial charge >= 0.3 is 7.82 Å². The first-order chi connectivity index (χ1) is 15.1. The lowest BCUT2D eigenvalue weighted by molar-refractivity contribution is 0.199. The van der Waals surface area contributed by atoms with Crippen molar-refractivity contribution in [3.63, 3.8) is 0 Å². The first kappa shape index (κ1) is 28.2. The Morgan fingerprint density at radius 2 is 1.03 bits per heavy atom. The fraction of sp³-hybridized carbons (Fsp3) is 0.769. The number of phosphoric ester groups is 1. The smallest absolute Gasteiger partial charge is 0.404 e. The van der Waals surface area contributed by atoms with Gasteiger partial charge in [-0.2, -0.15) is 0 Å². The highest BCUT2D eigenvalue weighted by atomic mass is 31.2. The van der Waals surface area contributed by atoms with Gasteiger partial charge in [-0.05, 0) is 18.6 Å². The standard InChI is InChI=1S/C26H47O4P/c1-2-3-4-5-6-7-8-9-10-11-12-13-14-15-16-17-18-22-25-29-31(27,28)30-26-23-20-19-21-24-26/h19-21,23-24H,2-18,22,25H2,1H3,(H,27,28). The highest BCUT2D eigenvalue weighted by Gasteiger charge is 2.22. The molecular weight excluding hydrogens is 407 g/mol. The molecule has 180 valence electrons. The molecule has 1 N–H and O–H groups in total. The molecule has 0 aromatic heterocycles. The van der Waals surface area contributed by atoms with E-state index < -0.39 is 7.82 Å². The molecule has 0 bridgehead atoms. The molecule has 5 heteroatoms. The molecule has 0 amide bonds. The van der Waals surface area contributed by atoms with Gasteiger partial charge in [-0.15, -0.1) is 0 Å². The van der Waals surface area contributed by atoms with E-state index in [-0.39, 0.29) is 6.61 Å². The number of hydrogen-bond acceptors (Lipinski definition) is 3. The van der Waals surface area contributed by atoms with Crippen LogP contribution in [0.4, 0.5) is 0 Å². The Bertz CT molecular complexity index is 550. The lowest BCUT2D eigenvalue weighted by atomic mass is 10.0. The minimum absolute atomic E-state index is 0.263. The van der Waals surface area contributed by atoms with Gasteiger partial charge in [-0.25, -0.2) is 4.57 Å². The Kier molecular flexibility index (Phi) is 18.0. The summed E-state index contributed by atoms with van der Waals surface area (Å²) < 4.78 is 22.0. The molecule has 1 atom stereocenters. The van der Waals surface area contributed by atoms with Crippen LogP contribution in [-0.4, -0.2) is 11.5 Å². The van der Waals surface area contributed by atoms with Crippen LogP contribution in [0, 0.1) is 0 Å². The molecule has 4 nitrogen and oxygen atoms in total. The average molecular weight is 455 g/mol. The van der Waals surface area contributed by atoms with Gasteiger partial charge in [0.05, 0.1) is 6.61 Å². The fourth-order valence-electron chi connectivity index (χ4n) is 3.82. The average Bonchev–Trinajstić information content (AvgIpc) is 2.75. The number of benzene rings is 1. The zero-order chi connectivity index (χ0) is 22.5. The van der Waals surface area contributed by atoms with Crippen molar-refractivity contribution in [3.05, 3.63) is 30.3 Å². The summed E-state index contributed by atoms with van der Waals surface area (Å²) in [5.41, 5.74) is 0. The van der Waals surface area contributed by atoms with Gasteiger partial charge < -0.3 is 4.52 Å². The van der Waals surface area contributed by atoms with Crippen LogP contribution in [-0.2, 0) is 9.09 Å². The molecule has 0 aliphatic rings. The zero-order valence-electron chi connectivity index (χ0n) is 19.9. The van der Waals surface area contributed by atoms with Gasteiger partial charge in [0.25, 0.3) is 0 Å². The molecule has 1 aromatic rings. The zero-order valence-corrected chi connectivity index (χ0v) is 20.8. The Morgan fingerprint density at radius 1 is 0.645 bits per heavy atom.